The van der Waals surface area contributed by atoms with E-state index >= 15 is 0 Å². The van der Waals surface area contributed by atoms with Gasteiger partial charge in [-0.15, -0.1) is 0 Å². The van der Waals surface area contributed by atoms with Crippen LogP contribution in [0.25, 0.3) is 0 Å². The number of phosphoric acid groups is 1. The Morgan fingerprint density at radius 1 is 0.917 bits per heavy atom. The van der Waals surface area contributed by atoms with Gasteiger partial charge in [0.05, 0.1) is 18.3 Å². The largest absolute Gasteiger partial charge is 0.475 e. The summed E-state index contributed by atoms with van der Waals surface area (Å²) in [6.07, 6.45) is 1.13. The SMILES string of the molecule is CC(C)OP(=O)(OC(C)C)O[C@@H](C)/C=C\[Si](C)(C)c1ccccc1. The summed E-state index contributed by atoms with van der Waals surface area (Å²) in [5.41, 5.74) is 2.20. The lowest BCUT2D eigenvalue weighted by atomic mass is 10.4. The minimum atomic E-state index is -3.58. The summed E-state index contributed by atoms with van der Waals surface area (Å²) in [5.74, 6) is 0. The van der Waals surface area contributed by atoms with Crippen LogP contribution in [0.5, 0.6) is 0 Å². The van der Waals surface area contributed by atoms with Crippen LogP contribution in [0.1, 0.15) is 34.6 Å². The molecule has 0 heterocycles. The smallest absolute Gasteiger partial charge is 0.284 e. The van der Waals surface area contributed by atoms with Gasteiger partial charge in [0, 0.05) is 0 Å². The molecule has 0 aliphatic heterocycles. The molecule has 0 bridgehead atoms. The number of hydrogen-bond donors (Lipinski definition) is 0. The molecule has 1 atom stereocenters. The highest BCUT2D eigenvalue weighted by molar-refractivity contribution is 7.48. The second-order valence-corrected chi connectivity index (χ2v) is 12.9. The summed E-state index contributed by atoms with van der Waals surface area (Å²) in [5, 5.41) is 1.34. The molecule has 0 fully saturated rings. The van der Waals surface area contributed by atoms with Crippen LogP contribution in [0.15, 0.2) is 42.1 Å². The summed E-state index contributed by atoms with van der Waals surface area (Å²) in [6.45, 7) is 13.6. The van der Waals surface area contributed by atoms with Crippen molar-refractivity contribution in [3.8, 4) is 0 Å². The molecule has 0 saturated carbocycles. The van der Waals surface area contributed by atoms with Crippen LogP contribution in [-0.4, -0.2) is 26.4 Å². The normalized spacial score (nSPS) is 14.7. The Morgan fingerprint density at radius 3 is 1.88 bits per heavy atom. The average Bonchev–Trinajstić information content (AvgIpc) is 2.44. The summed E-state index contributed by atoms with van der Waals surface area (Å²) < 4.78 is 29.2. The van der Waals surface area contributed by atoms with E-state index in [4.69, 9.17) is 13.6 Å². The predicted octanol–water partition coefficient (Wildman–Crippen LogP) is 5.06. The molecule has 1 aromatic carbocycles. The lowest BCUT2D eigenvalue weighted by molar-refractivity contribution is 0.0620. The van der Waals surface area contributed by atoms with Crippen LogP contribution < -0.4 is 5.19 Å². The van der Waals surface area contributed by atoms with Crippen LogP contribution in [0.2, 0.25) is 13.1 Å². The van der Waals surface area contributed by atoms with Gasteiger partial charge in [0.15, 0.2) is 0 Å². The molecule has 0 aliphatic rings. The molecule has 0 saturated heterocycles. The molecule has 6 heteroatoms. The van der Waals surface area contributed by atoms with Gasteiger partial charge < -0.3 is 0 Å². The quantitative estimate of drug-likeness (QED) is 0.450. The van der Waals surface area contributed by atoms with E-state index in [2.05, 4.69) is 43.1 Å². The van der Waals surface area contributed by atoms with E-state index in [-0.39, 0.29) is 18.3 Å². The Balaban J connectivity index is 2.81. The monoisotopic (exact) mass is 370 g/mol. The molecule has 4 nitrogen and oxygen atoms in total. The Hall–Kier alpha value is -0.713. The van der Waals surface area contributed by atoms with E-state index in [1.807, 2.05) is 46.8 Å². The molecular weight excluding hydrogens is 339 g/mol. The lowest BCUT2D eigenvalue weighted by Crippen LogP contribution is -2.39. The fraction of sp³-hybridized carbons (Fsp3) is 0.556. The van der Waals surface area contributed by atoms with E-state index in [0.29, 0.717) is 0 Å². The highest BCUT2D eigenvalue weighted by Crippen LogP contribution is 2.52. The third kappa shape index (κ3) is 7.45. The molecule has 0 N–H and O–H groups in total. The number of hydrogen-bond acceptors (Lipinski definition) is 4. The molecule has 0 aliphatic carbocycles. The molecule has 0 spiro atoms. The first-order valence-electron chi connectivity index (χ1n) is 8.44. The first-order chi connectivity index (χ1) is 11.0. The number of rotatable bonds is 9. The predicted molar refractivity (Wildman–Crippen MR) is 103 cm³/mol. The average molecular weight is 371 g/mol. The minimum Gasteiger partial charge on any atom is -0.284 e. The molecule has 1 aromatic rings. The summed E-state index contributed by atoms with van der Waals surface area (Å²) in [6, 6.07) is 10.4. The van der Waals surface area contributed by atoms with Crippen LogP contribution in [0.3, 0.4) is 0 Å². The Kier molecular flexibility index (Phi) is 8.10. The molecule has 1 rings (SSSR count). The second-order valence-electron chi connectivity index (χ2n) is 7.01. The van der Waals surface area contributed by atoms with Crippen LogP contribution in [0, 0.1) is 0 Å². The van der Waals surface area contributed by atoms with Crippen LogP contribution in [-0.2, 0) is 18.1 Å². The van der Waals surface area contributed by atoms with Crippen LogP contribution >= 0.6 is 7.82 Å². The third-order valence-corrected chi connectivity index (χ3v) is 8.07. The molecule has 0 amide bonds. The van der Waals surface area contributed by atoms with Gasteiger partial charge in [-0.3, -0.25) is 13.6 Å². The standard InChI is InChI=1S/C18H31O4PSi/c1-15(2)20-23(19,21-16(3)4)22-17(5)13-14-24(6,7)18-11-9-8-10-12-18/h8-17H,1-7H3/b14-13-/t17-/m0/s1. The van der Waals surface area contributed by atoms with Crippen molar-refractivity contribution in [2.45, 2.75) is 66.0 Å². The van der Waals surface area contributed by atoms with E-state index in [1.54, 1.807) is 0 Å². The molecule has 136 valence electrons. The van der Waals surface area contributed by atoms with Crippen molar-refractivity contribution in [2.75, 3.05) is 0 Å². The number of phosphoric ester groups is 1. The lowest BCUT2D eigenvalue weighted by Gasteiger charge is -2.24. The van der Waals surface area contributed by atoms with Gasteiger partial charge in [0.2, 0.25) is 0 Å². The van der Waals surface area contributed by atoms with Gasteiger partial charge in [-0.25, -0.2) is 4.57 Å². The van der Waals surface area contributed by atoms with Gasteiger partial charge in [-0.2, -0.15) is 0 Å². The van der Waals surface area contributed by atoms with Crippen molar-refractivity contribution in [3.05, 3.63) is 42.1 Å². The van der Waals surface area contributed by atoms with E-state index in [1.165, 1.54) is 5.19 Å². The van der Waals surface area contributed by atoms with Gasteiger partial charge in [-0.1, -0.05) is 60.4 Å². The Labute approximate surface area is 147 Å². The fourth-order valence-corrected chi connectivity index (χ4v) is 5.83. The maximum absolute atomic E-state index is 12.7. The third-order valence-electron chi connectivity index (χ3n) is 3.28. The van der Waals surface area contributed by atoms with Crippen molar-refractivity contribution < 1.29 is 18.1 Å². The van der Waals surface area contributed by atoms with Crippen molar-refractivity contribution in [2.24, 2.45) is 0 Å². The Bertz CT molecular complexity index is 556. The van der Waals surface area contributed by atoms with Gasteiger partial charge in [-0.05, 0) is 34.6 Å². The molecule has 0 aromatic heterocycles. The zero-order valence-corrected chi connectivity index (χ0v) is 17.7. The van der Waals surface area contributed by atoms with E-state index < -0.39 is 15.9 Å². The van der Waals surface area contributed by atoms with Crippen LogP contribution in [0.4, 0.5) is 0 Å². The zero-order chi connectivity index (χ0) is 18.4. The van der Waals surface area contributed by atoms with Crippen molar-refractivity contribution >= 4 is 21.1 Å². The zero-order valence-electron chi connectivity index (χ0n) is 15.9. The van der Waals surface area contributed by atoms with Crippen molar-refractivity contribution in [1.82, 2.24) is 0 Å². The van der Waals surface area contributed by atoms with Crippen molar-refractivity contribution in [3.63, 3.8) is 0 Å². The fourth-order valence-electron chi connectivity index (χ4n) is 2.17. The van der Waals surface area contributed by atoms with E-state index in [9.17, 15) is 4.57 Å². The topological polar surface area (TPSA) is 44.8 Å². The molecule has 0 unspecified atom stereocenters. The van der Waals surface area contributed by atoms with Crippen molar-refractivity contribution in [1.29, 1.82) is 0 Å². The summed E-state index contributed by atoms with van der Waals surface area (Å²) in [7, 11) is -5.29. The molecular formula is C18H31O4PSi. The molecule has 0 radical (unpaired) electrons. The highest BCUT2D eigenvalue weighted by atomic mass is 31.2. The molecule has 24 heavy (non-hydrogen) atoms. The number of benzene rings is 1. The first-order valence-corrected chi connectivity index (χ1v) is 13.0. The maximum atomic E-state index is 12.7. The van der Waals surface area contributed by atoms with Gasteiger partial charge >= 0.3 is 7.82 Å². The van der Waals surface area contributed by atoms with E-state index in [0.717, 1.165) is 0 Å². The minimum absolute atomic E-state index is 0.235. The summed E-state index contributed by atoms with van der Waals surface area (Å²) in [4.78, 5) is 0. The summed E-state index contributed by atoms with van der Waals surface area (Å²) >= 11 is 0. The second kappa shape index (κ2) is 9.11. The van der Waals surface area contributed by atoms with Gasteiger partial charge in [0.25, 0.3) is 0 Å². The van der Waals surface area contributed by atoms with Gasteiger partial charge in [0.1, 0.15) is 8.07 Å². The first kappa shape index (κ1) is 21.3. The Morgan fingerprint density at radius 2 is 1.42 bits per heavy atom. The highest BCUT2D eigenvalue weighted by Gasteiger charge is 2.31. The maximum Gasteiger partial charge on any atom is 0.475 e.